The second kappa shape index (κ2) is 6.96. The minimum absolute atomic E-state index is 0.0601. The highest BCUT2D eigenvalue weighted by atomic mass is 19.3. The van der Waals surface area contributed by atoms with Crippen LogP contribution in [0.4, 0.5) is 8.78 Å². The first-order valence-electron chi connectivity index (χ1n) is 7.67. The van der Waals surface area contributed by atoms with Crippen molar-refractivity contribution in [2.75, 3.05) is 6.54 Å². The van der Waals surface area contributed by atoms with Gasteiger partial charge in [0.1, 0.15) is 5.75 Å². The number of aromatic amines is 1. The molecule has 0 spiro atoms. The lowest BCUT2D eigenvalue weighted by molar-refractivity contribution is -0.0499. The molecule has 1 aliphatic heterocycles. The summed E-state index contributed by atoms with van der Waals surface area (Å²) in [5, 5.41) is 13.0. The first kappa shape index (κ1) is 16.4. The molecule has 3 rings (SSSR count). The molecule has 1 aromatic heterocycles. The Hall–Kier alpha value is -2.48. The molecule has 8 heteroatoms. The number of carbonyl (C=O) groups is 1. The molecule has 0 radical (unpaired) electrons. The number of carbonyl (C=O) groups excluding carboxylic acids is 1. The molecule has 1 aromatic carbocycles. The number of hydrogen-bond acceptors (Lipinski definition) is 4. The molecule has 0 bridgehead atoms. The van der Waals surface area contributed by atoms with Crippen molar-refractivity contribution in [2.45, 2.75) is 32.5 Å². The maximum absolute atomic E-state index is 12.5. The predicted octanol–water partition coefficient (Wildman–Crippen LogP) is 2.15. The number of benzene rings is 1. The molecule has 1 amide bonds. The highest BCUT2D eigenvalue weighted by Crippen LogP contribution is 2.22. The maximum Gasteiger partial charge on any atom is 0.387 e. The zero-order valence-electron chi connectivity index (χ0n) is 13.1. The van der Waals surface area contributed by atoms with Gasteiger partial charge in [-0.15, -0.1) is 0 Å². The molecule has 3 N–H and O–H groups in total. The molecule has 1 unspecified atom stereocenters. The Labute approximate surface area is 137 Å². The topological polar surface area (TPSA) is 79.0 Å². The smallest absolute Gasteiger partial charge is 0.387 e. The van der Waals surface area contributed by atoms with Crippen LogP contribution in [-0.4, -0.2) is 29.3 Å². The quantitative estimate of drug-likeness (QED) is 0.782. The van der Waals surface area contributed by atoms with Gasteiger partial charge in [-0.1, -0.05) is 12.1 Å². The third-order valence-corrected chi connectivity index (χ3v) is 3.95. The molecule has 0 saturated heterocycles. The van der Waals surface area contributed by atoms with Crippen molar-refractivity contribution in [2.24, 2.45) is 0 Å². The average Bonchev–Trinajstić information content (AvgIpc) is 2.98. The number of nitrogens with one attached hydrogen (secondary N) is 3. The molecule has 6 nitrogen and oxygen atoms in total. The third-order valence-electron chi connectivity index (χ3n) is 3.95. The summed E-state index contributed by atoms with van der Waals surface area (Å²) in [5.74, 6) is -0.242. The lowest BCUT2D eigenvalue weighted by Gasteiger charge is -2.16. The van der Waals surface area contributed by atoms with Crippen LogP contribution in [0.25, 0.3) is 0 Å². The van der Waals surface area contributed by atoms with E-state index in [9.17, 15) is 13.6 Å². The number of amides is 1. The van der Waals surface area contributed by atoms with E-state index in [-0.39, 0.29) is 17.7 Å². The van der Waals surface area contributed by atoms with Crippen molar-refractivity contribution in [3.8, 4) is 5.75 Å². The van der Waals surface area contributed by atoms with Crippen LogP contribution in [0.2, 0.25) is 0 Å². The molecule has 24 heavy (non-hydrogen) atoms. The van der Waals surface area contributed by atoms with Crippen LogP contribution >= 0.6 is 0 Å². The van der Waals surface area contributed by atoms with Gasteiger partial charge in [0.2, 0.25) is 0 Å². The summed E-state index contributed by atoms with van der Waals surface area (Å²) in [6.45, 7) is 0.342. The van der Waals surface area contributed by atoms with Gasteiger partial charge in [-0.05, 0) is 24.6 Å². The van der Waals surface area contributed by atoms with Gasteiger partial charge in [0.05, 0.1) is 6.04 Å². The Bertz CT molecular complexity index is 733. The van der Waals surface area contributed by atoms with E-state index in [0.717, 1.165) is 24.2 Å². The SMILES string of the molecule is CC(NC(=O)c1n[nH]c2c1CNCC2)c1cccc(OC(F)F)c1. The van der Waals surface area contributed by atoms with Crippen molar-refractivity contribution in [1.29, 1.82) is 0 Å². The number of H-pyrrole nitrogens is 1. The fourth-order valence-corrected chi connectivity index (χ4v) is 2.72. The molecule has 0 fully saturated rings. The Balaban J connectivity index is 1.71. The van der Waals surface area contributed by atoms with E-state index >= 15 is 0 Å². The fourth-order valence-electron chi connectivity index (χ4n) is 2.72. The van der Waals surface area contributed by atoms with E-state index in [1.54, 1.807) is 19.1 Å². The van der Waals surface area contributed by atoms with Crippen LogP contribution in [-0.2, 0) is 13.0 Å². The van der Waals surface area contributed by atoms with Gasteiger partial charge in [0.25, 0.3) is 5.91 Å². The van der Waals surface area contributed by atoms with E-state index in [4.69, 9.17) is 0 Å². The summed E-state index contributed by atoms with van der Waals surface area (Å²) >= 11 is 0. The van der Waals surface area contributed by atoms with Crippen LogP contribution in [0.3, 0.4) is 0 Å². The van der Waals surface area contributed by atoms with Crippen LogP contribution in [0.1, 0.15) is 40.3 Å². The molecule has 0 aliphatic carbocycles. The minimum atomic E-state index is -2.88. The number of halogens is 2. The molecule has 2 aromatic rings. The van der Waals surface area contributed by atoms with E-state index in [1.807, 2.05) is 0 Å². The molecule has 1 aliphatic rings. The largest absolute Gasteiger partial charge is 0.435 e. The number of fused-ring (bicyclic) bond motifs is 1. The van der Waals surface area contributed by atoms with E-state index in [2.05, 4.69) is 25.6 Å². The molecule has 2 heterocycles. The van der Waals surface area contributed by atoms with E-state index in [0.29, 0.717) is 17.8 Å². The molecular weight excluding hydrogens is 318 g/mol. The Kier molecular flexibility index (Phi) is 4.75. The van der Waals surface area contributed by atoms with Gasteiger partial charge in [-0.25, -0.2) is 0 Å². The van der Waals surface area contributed by atoms with Crippen molar-refractivity contribution in [3.63, 3.8) is 0 Å². The summed E-state index contributed by atoms with van der Waals surface area (Å²) in [7, 11) is 0. The van der Waals surface area contributed by atoms with Gasteiger partial charge in [-0.2, -0.15) is 13.9 Å². The zero-order chi connectivity index (χ0) is 17.1. The van der Waals surface area contributed by atoms with Gasteiger partial charge in [0, 0.05) is 30.8 Å². The number of ether oxygens (including phenoxy) is 1. The van der Waals surface area contributed by atoms with Gasteiger partial charge >= 0.3 is 6.61 Å². The second-order valence-electron chi connectivity index (χ2n) is 5.60. The molecule has 128 valence electrons. The van der Waals surface area contributed by atoms with Gasteiger partial charge in [-0.3, -0.25) is 9.89 Å². The van der Waals surface area contributed by atoms with Crippen molar-refractivity contribution in [1.82, 2.24) is 20.8 Å². The summed E-state index contributed by atoms with van der Waals surface area (Å²) in [6.07, 6.45) is 0.804. The molecule has 0 saturated carbocycles. The summed E-state index contributed by atoms with van der Waals surface area (Å²) < 4.78 is 29.0. The second-order valence-corrected chi connectivity index (χ2v) is 5.60. The first-order chi connectivity index (χ1) is 11.5. The van der Waals surface area contributed by atoms with Gasteiger partial charge < -0.3 is 15.4 Å². The number of aromatic nitrogens is 2. The fraction of sp³-hybridized carbons (Fsp3) is 0.375. The lowest BCUT2D eigenvalue weighted by atomic mass is 10.1. The predicted molar refractivity (Wildman–Crippen MR) is 83.0 cm³/mol. The Morgan fingerprint density at radius 3 is 3.04 bits per heavy atom. The van der Waals surface area contributed by atoms with Crippen molar-refractivity contribution in [3.05, 3.63) is 46.8 Å². The van der Waals surface area contributed by atoms with Crippen LogP contribution in [0.5, 0.6) is 5.75 Å². The van der Waals surface area contributed by atoms with E-state index < -0.39 is 6.61 Å². The highest BCUT2D eigenvalue weighted by molar-refractivity contribution is 5.94. The maximum atomic E-state index is 12.5. The van der Waals surface area contributed by atoms with Gasteiger partial charge in [0.15, 0.2) is 5.69 Å². The standard InChI is InChI=1S/C16H18F2N4O2/c1-9(10-3-2-4-11(7-10)24-16(17)18)20-15(23)14-12-8-19-6-5-13(12)21-22-14/h2-4,7,9,16,19H,5-6,8H2,1H3,(H,20,23)(H,21,22). The molecular formula is C16H18F2N4O2. The monoisotopic (exact) mass is 336 g/mol. The minimum Gasteiger partial charge on any atom is -0.435 e. The van der Waals surface area contributed by atoms with Crippen molar-refractivity contribution >= 4 is 5.91 Å². The lowest BCUT2D eigenvalue weighted by Crippen LogP contribution is -2.30. The van der Waals surface area contributed by atoms with Crippen molar-refractivity contribution < 1.29 is 18.3 Å². The van der Waals surface area contributed by atoms with Crippen LogP contribution < -0.4 is 15.4 Å². The Morgan fingerprint density at radius 2 is 2.25 bits per heavy atom. The highest BCUT2D eigenvalue weighted by Gasteiger charge is 2.22. The summed E-state index contributed by atoms with van der Waals surface area (Å²) in [4.78, 5) is 12.5. The van der Waals surface area contributed by atoms with Crippen LogP contribution in [0, 0.1) is 0 Å². The average molecular weight is 336 g/mol. The van der Waals surface area contributed by atoms with Crippen LogP contribution in [0.15, 0.2) is 24.3 Å². The van der Waals surface area contributed by atoms with E-state index in [1.165, 1.54) is 12.1 Å². The zero-order valence-corrected chi connectivity index (χ0v) is 13.1. The third kappa shape index (κ3) is 3.53. The number of hydrogen-bond donors (Lipinski definition) is 3. The summed E-state index contributed by atoms with van der Waals surface area (Å²) in [5.41, 5.74) is 2.88. The number of alkyl halides is 2. The Morgan fingerprint density at radius 1 is 1.42 bits per heavy atom. The normalized spacial score (nSPS) is 15.0. The first-order valence-corrected chi connectivity index (χ1v) is 7.67. The number of nitrogens with zero attached hydrogens (tertiary/aromatic N) is 1. The molecule has 1 atom stereocenters. The summed E-state index contributed by atoms with van der Waals surface area (Å²) in [6, 6.07) is 5.90. The number of rotatable bonds is 5.